The van der Waals surface area contributed by atoms with Gasteiger partial charge >= 0.3 is 0 Å². The number of nitrogens with zero attached hydrogens (tertiary/aromatic N) is 1. The molecule has 0 radical (unpaired) electrons. The summed E-state index contributed by atoms with van der Waals surface area (Å²) in [5.41, 5.74) is 8.67. The van der Waals surface area contributed by atoms with Crippen molar-refractivity contribution in [2.45, 2.75) is 6.92 Å². The summed E-state index contributed by atoms with van der Waals surface area (Å²) < 4.78 is 0. The van der Waals surface area contributed by atoms with Crippen molar-refractivity contribution in [3.8, 4) is 0 Å². The number of aromatic nitrogens is 1. The first-order valence-electron chi connectivity index (χ1n) is 7.40. The van der Waals surface area contributed by atoms with Crippen LogP contribution in [-0.2, 0) is 0 Å². The summed E-state index contributed by atoms with van der Waals surface area (Å²) in [6, 6.07) is 16.9. The van der Waals surface area contributed by atoms with Gasteiger partial charge in [-0.3, -0.25) is 20.6 Å². The number of rotatable bonds is 2. The molecule has 2 aromatic carbocycles. The molecular formula is C18H16N4OS. The SMILES string of the molecule is Cc1ccc(NC(=S)NNC(=O)c2ccc3ncccc3c2)cc1. The van der Waals surface area contributed by atoms with Crippen LogP contribution < -0.4 is 16.2 Å². The van der Waals surface area contributed by atoms with Gasteiger partial charge in [-0.1, -0.05) is 23.8 Å². The van der Waals surface area contributed by atoms with Crippen LogP contribution in [0, 0.1) is 6.92 Å². The largest absolute Gasteiger partial charge is 0.331 e. The minimum Gasteiger partial charge on any atom is -0.331 e. The number of pyridine rings is 1. The molecule has 0 atom stereocenters. The van der Waals surface area contributed by atoms with E-state index >= 15 is 0 Å². The lowest BCUT2D eigenvalue weighted by Crippen LogP contribution is -2.43. The molecule has 0 unspecified atom stereocenters. The maximum atomic E-state index is 12.2. The van der Waals surface area contributed by atoms with Gasteiger partial charge in [0, 0.05) is 22.8 Å². The fourth-order valence-corrected chi connectivity index (χ4v) is 2.37. The van der Waals surface area contributed by atoms with Gasteiger partial charge in [0.25, 0.3) is 5.91 Å². The zero-order valence-electron chi connectivity index (χ0n) is 13.0. The summed E-state index contributed by atoms with van der Waals surface area (Å²) in [5, 5.41) is 4.22. The molecule has 3 rings (SSSR count). The zero-order chi connectivity index (χ0) is 16.9. The third-order valence-electron chi connectivity index (χ3n) is 3.46. The molecule has 1 heterocycles. The van der Waals surface area contributed by atoms with Crippen LogP contribution in [0.25, 0.3) is 10.9 Å². The number of aryl methyl sites for hydroxylation is 1. The summed E-state index contributed by atoms with van der Waals surface area (Å²) in [7, 11) is 0. The van der Waals surface area contributed by atoms with Crippen LogP contribution in [-0.4, -0.2) is 16.0 Å². The Morgan fingerprint density at radius 1 is 1.04 bits per heavy atom. The standard InChI is InChI=1S/C18H16N4OS/c1-12-4-7-15(8-5-12)20-18(24)22-21-17(23)14-6-9-16-13(11-14)3-2-10-19-16/h2-11H,1H3,(H,21,23)(H2,20,22,24). The Balaban J connectivity index is 1.59. The second kappa shape index (κ2) is 7.06. The van der Waals surface area contributed by atoms with E-state index in [0.29, 0.717) is 10.7 Å². The third kappa shape index (κ3) is 3.85. The molecule has 0 aliphatic carbocycles. The number of anilines is 1. The number of hydrazine groups is 1. The number of carbonyl (C=O) groups excluding carboxylic acids is 1. The Kier molecular flexibility index (Phi) is 4.67. The minimum atomic E-state index is -0.270. The highest BCUT2D eigenvalue weighted by Crippen LogP contribution is 2.13. The van der Waals surface area contributed by atoms with Gasteiger partial charge in [0.15, 0.2) is 5.11 Å². The van der Waals surface area contributed by atoms with E-state index in [0.717, 1.165) is 16.6 Å². The maximum absolute atomic E-state index is 12.2. The number of hydrogen-bond acceptors (Lipinski definition) is 3. The van der Waals surface area contributed by atoms with Gasteiger partial charge in [-0.2, -0.15) is 0 Å². The summed E-state index contributed by atoms with van der Waals surface area (Å²) in [6.07, 6.45) is 1.72. The monoisotopic (exact) mass is 336 g/mol. The Morgan fingerprint density at radius 2 is 1.83 bits per heavy atom. The summed E-state index contributed by atoms with van der Waals surface area (Å²) in [6.45, 7) is 2.01. The molecular weight excluding hydrogens is 320 g/mol. The first kappa shape index (κ1) is 15.9. The summed E-state index contributed by atoms with van der Waals surface area (Å²) in [5.74, 6) is -0.270. The van der Waals surface area contributed by atoms with Crippen molar-refractivity contribution in [3.63, 3.8) is 0 Å². The number of hydrogen-bond donors (Lipinski definition) is 3. The lowest BCUT2D eigenvalue weighted by atomic mass is 10.1. The lowest BCUT2D eigenvalue weighted by Gasteiger charge is -2.12. The number of amides is 1. The van der Waals surface area contributed by atoms with E-state index in [2.05, 4.69) is 21.2 Å². The molecule has 5 nitrogen and oxygen atoms in total. The molecule has 24 heavy (non-hydrogen) atoms. The normalized spacial score (nSPS) is 10.2. The molecule has 0 saturated carbocycles. The topological polar surface area (TPSA) is 66.0 Å². The van der Waals surface area contributed by atoms with Crippen molar-refractivity contribution in [3.05, 3.63) is 71.9 Å². The molecule has 1 aromatic heterocycles. The highest BCUT2D eigenvalue weighted by atomic mass is 32.1. The molecule has 0 spiro atoms. The van der Waals surface area contributed by atoms with Gasteiger partial charge in [-0.25, -0.2) is 0 Å². The Labute approximate surface area is 145 Å². The van der Waals surface area contributed by atoms with Crippen molar-refractivity contribution >= 4 is 39.8 Å². The minimum absolute atomic E-state index is 0.270. The zero-order valence-corrected chi connectivity index (χ0v) is 13.9. The van der Waals surface area contributed by atoms with Crippen LogP contribution in [0.3, 0.4) is 0 Å². The predicted molar refractivity (Wildman–Crippen MR) is 99.7 cm³/mol. The molecule has 0 bridgehead atoms. The molecule has 3 N–H and O–H groups in total. The molecule has 3 aromatic rings. The number of carbonyl (C=O) groups is 1. The molecule has 0 saturated heterocycles. The molecule has 6 heteroatoms. The molecule has 1 amide bonds. The van der Waals surface area contributed by atoms with Gasteiger partial charge in [0.2, 0.25) is 0 Å². The second-order valence-corrected chi connectivity index (χ2v) is 5.72. The average molecular weight is 336 g/mol. The number of fused-ring (bicyclic) bond motifs is 1. The van der Waals surface area contributed by atoms with E-state index in [-0.39, 0.29) is 5.91 Å². The van der Waals surface area contributed by atoms with Gasteiger partial charge in [0.05, 0.1) is 5.52 Å². The molecule has 0 fully saturated rings. The number of benzene rings is 2. The Bertz CT molecular complexity index is 893. The van der Waals surface area contributed by atoms with E-state index < -0.39 is 0 Å². The maximum Gasteiger partial charge on any atom is 0.269 e. The van der Waals surface area contributed by atoms with Crippen molar-refractivity contribution in [2.75, 3.05) is 5.32 Å². The van der Waals surface area contributed by atoms with Crippen molar-refractivity contribution in [2.24, 2.45) is 0 Å². The van der Waals surface area contributed by atoms with Crippen molar-refractivity contribution < 1.29 is 4.79 Å². The van der Waals surface area contributed by atoms with Gasteiger partial charge in [-0.05, 0) is 55.5 Å². The lowest BCUT2D eigenvalue weighted by molar-refractivity contribution is 0.0944. The molecule has 0 aliphatic heterocycles. The second-order valence-electron chi connectivity index (χ2n) is 5.31. The first-order chi connectivity index (χ1) is 11.6. The Morgan fingerprint density at radius 3 is 2.62 bits per heavy atom. The summed E-state index contributed by atoms with van der Waals surface area (Å²) in [4.78, 5) is 16.4. The number of thiocarbonyl (C=S) groups is 1. The van der Waals surface area contributed by atoms with E-state index in [1.54, 1.807) is 18.3 Å². The quantitative estimate of drug-likeness (QED) is 0.495. The van der Waals surface area contributed by atoms with Crippen molar-refractivity contribution in [1.82, 2.24) is 15.8 Å². The van der Waals surface area contributed by atoms with Gasteiger partial charge in [-0.15, -0.1) is 0 Å². The fourth-order valence-electron chi connectivity index (χ4n) is 2.20. The number of nitrogens with one attached hydrogen (secondary N) is 3. The summed E-state index contributed by atoms with van der Waals surface area (Å²) >= 11 is 5.17. The van der Waals surface area contributed by atoms with Crippen LogP contribution in [0.4, 0.5) is 5.69 Å². The van der Waals surface area contributed by atoms with Crippen LogP contribution in [0.5, 0.6) is 0 Å². The van der Waals surface area contributed by atoms with Gasteiger partial charge < -0.3 is 5.32 Å². The van der Waals surface area contributed by atoms with Crippen LogP contribution >= 0.6 is 12.2 Å². The van der Waals surface area contributed by atoms with Gasteiger partial charge in [0.1, 0.15) is 0 Å². The predicted octanol–water partition coefficient (Wildman–Crippen LogP) is 3.17. The Hall–Kier alpha value is -2.99. The smallest absolute Gasteiger partial charge is 0.269 e. The van der Waals surface area contributed by atoms with E-state index in [1.807, 2.05) is 49.4 Å². The van der Waals surface area contributed by atoms with Crippen LogP contribution in [0.2, 0.25) is 0 Å². The average Bonchev–Trinajstić information content (AvgIpc) is 2.61. The highest BCUT2D eigenvalue weighted by molar-refractivity contribution is 7.80. The van der Waals surface area contributed by atoms with E-state index in [9.17, 15) is 4.79 Å². The van der Waals surface area contributed by atoms with Crippen molar-refractivity contribution in [1.29, 1.82) is 0 Å². The molecule has 0 aliphatic rings. The van der Waals surface area contributed by atoms with Crippen LogP contribution in [0.1, 0.15) is 15.9 Å². The molecule has 120 valence electrons. The van der Waals surface area contributed by atoms with Crippen LogP contribution in [0.15, 0.2) is 60.8 Å². The fraction of sp³-hybridized carbons (Fsp3) is 0.0556. The highest BCUT2D eigenvalue weighted by Gasteiger charge is 2.07. The third-order valence-corrected chi connectivity index (χ3v) is 3.67. The van der Waals surface area contributed by atoms with E-state index in [1.165, 1.54) is 5.56 Å². The van der Waals surface area contributed by atoms with E-state index in [4.69, 9.17) is 12.2 Å². The first-order valence-corrected chi connectivity index (χ1v) is 7.81.